The highest BCUT2D eigenvalue weighted by Crippen LogP contribution is 2.36. The van der Waals surface area contributed by atoms with E-state index in [1.165, 1.54) is 5.57 Å². The van der Waals surface area contributed by atoms with Crippen molar-refractivity contribution in [1.29, 1.82) is 0 Å². The molecule has 1 unspecified atom stereocenters. The Morgan fingerprint density at radius 2 is 1.48 bits per heavy atom. The zero-order valence-corrected chi connectivity index (χ0v) is 31.1. The molecule has 0 radical (unpaired) electrons. The van der Waals surface area contributed by atoms with Gasteiger partial charge in [-0.3, -0.25) is 34.3 Å². The Balaban J connectivity index is 0.861. The van der Waals surface area contributed by atoms with Gasteiger partial charge < -0.3 is 10.0 Å². The summed E-state index contributed by atoms with van der Waals surface area (Å²) in [5.74, 6) is -1.21. The number of phenols is 1. The molecule has 4 aromatic carbocycles. The van der Waals surface area contributed by atoms with Crippen molar-refractivity contribution < 1.29 is 24.3 Å². The summed E-state index contributed by atoms with van der Waals surface area (Å²) in [6.45, 7) is 6.83. The maximum Gasteiger partial charge on any atom is 0.262 e. The summed E-state index contributed by atoms with van der Waals surface area (Å²) in [4.78, 5) is 57.7. The number of piperidine rings is 1. The van der Waals surface area contributed by atoms with Gasteiger partial charge in [0.05, 0.1) is 17.7 Å². The lowest BCUT2D eigenvalue weighted by molar-refractivity contribution is -0.136. The van der Waals surface area contributed by atoms with E-state index in [1.54, 1.807) is 29.1 Å². The normalized spacial score (nSPS) is 17.9. The van der Waals surface area contributed by atoms with Crippen LogP contribution in [0.15, 0.2) is 97.1 Å². The number of carbonyl (C=O) groups excluding carboxylic acids is 4. The molecule has 3 aliphatic heterocycles. The van der Waals surface area contributed by atoms with Crippen molar-refractivity contribution in [2.75, 3.05) is 37.6 Å². The maximum atomic E-state index is 13.3. The molecule has 2 N–H and O–H groups in total. The highest BCUT2D eigenvalue weighted by atomic mass is 16.3. The second-order valence-corrected chi connectivity index (χ2v) is 14.3. The zero-order valence-electron chi connectivity index (χ0n) is 31.1. The first-order valence-corrected chi connectivity index (χ1v) is 19.1. The molecule has 5 aromatic rings. The van der Waals surface area contributed by atoms with Crippen molar-refractivity contribution in [3.63, 3.8) is 0 Å². The number of allylic oxidation sites excluding steroid dienone is 1. The first-order valence-electron chi connectivity index (χ1n) is 19.1. The summed E-state index contributed by atoms with van der Waals surface area (Å²) in [5, 5.41) is 25.6. The SMILES string of the molecule is CC/C(=C(\c1ccc(O)cc1)c1ccc(-c2nnn(CCCN3CCN(c4ccc5c(c4)C(=O)N(C4CCC(=O)NC4=O)C5=O)CC3)n2)cc1)c1ccccc1. The lowest BCUT2D eigenvalue weighted by atomic mass is 9.88. The lowest BCUT2D eigenvalue weighted by Gasteiger charge is -2.36. The Hall–Kier alpha value is -6.47. The number of tetrazole rings is 1. The summed E-state index contributed by atoms with van der Waals surface area (Å²) >= 11 is 0. The van der Waals surface area contributed by atoms with Gasteiger partial charge in [-0.05, 0) is 82.6 Å². The number of aryl methyl sites for hydroxylation is 1. The van der Waals surface area contributed by atoms with Gasteiger partial charge >= 0.3 is 0 Å². The number of nitrogens with zero attached hydrogens (tertiary/aromatic N) is 7. The van der Waals surface area contributed by atoms with Crippen molar-refractivity contribution in [3.05, 3.63) is 125 Å². The van der Waals surface area contributed by atoms with Crippen LogP contribution in [0, 0.1) is 0 Å². The van der Waals surface area contributed by atoms with Gasteiger partial charge in [-0.1, -0.05) is 73.7 Å². The van der Waals surface area contributed by atoms with Gasteiger partial charge in [0.25, 0.3) is 11.8 Å². The number of piperazine rings is 1. The molecule has 56 heavy (non-hydrogen) atoms. The summed E-state index contributed by atoms with van der Waals surface area (Å²) in [6, 6.07) is 30.2. The fraction of sp³-hybridized carbons (Fsp3) is 0.279. The number of amides is 4. The Morgan fingerprint density at radius 1 is 0.786 bits per heavy atom. The number of aromatic hydroxyl groups is 1. The standard InChI is InChI=1S/C43H42N8O5/c1-2-34(28-7-4-3-5-8-28)39(30-13-16-33(52)17-14-30)29-9-11-31(12-10-29)40-45-47-50(46-40)22-6-21-48-23-25-49(26-24-48)32-15-18-35-36(27-32)43(56)51(42(35)55)37-19-20-38(53)44-41(37)54/h3-5,7-18,27,37,52H,2,6,19-26H2,1H3,(H,44,53,54)/b39-34+. The molecule has 0 bridgehead atoms. The number of carbonyl (C=O) groups is 4. The summed E-state index contributed by atoms with van der Waals surface area (Å²) < 4.78 is 0. The van der Waals surface area contributed by atoms with E-state index < -0.39 is 29.7 Å². The topological polar surface area (TPSA) is 154 Å². The number of hydrogen-bond donors (Lipinski definition) is 2. The third kappa shape index (κ3) is 7.32. The van der Waals surface area contributed by atoms with Crippen LogP contribution in [0.2, 0.25) is 0 Å². The molecule has 2 fully saturated rings. The third-order valence-electron chi connectivity index (χ3n) is 10.8. The van der Waals surface area contributed by atoms with E-state index in [-0.39, 0.29) is 24.2 Å². The molecule has 2 saturated heterocycles. The van der Waals surface area contributed by atoms with Crippen molar-refractivity contribution in [3.8, 4) is 17.1 Å². The first-order chi connectivity index (χ1) is 27.3. The van der Waals surface area contributed by atoms with Crippen LogP contribution in [0.4, 0.5) is 5.69 Å². The molecule has 4 amide bonds. The lowest BCUT2D eigenvalue weighted by Crippen LogP contribution is -2.54. The number of hydrogen-bond acceptors (Lipinski definition) is 10. The molecule has 13 nitrogen and oxygen atoms in total. The van der Waals surface area contributed by atoms with Crippen molar-refractivity contribution in [2.45, 2.75) is 45.2 Å². The van der Waals surface area contributed by atoms with Gasteiger partial charge in [-0.2, -0.15) is 4.80 Å². The van der Waals surface area contributed by atoms with Crippen LogP contribution < -0.4 is 10.2 Å². The zero-order chi connectivity index (χ0) is 38.8. The number of fused-ring (bicyclic) bond motifs is 1. The van der Waals surface area contributed by atoms with E-state index >= 15 is 0 Å². The van der Waals surface area contributed by atoms with E-state index in [9.17, 15) is 24.3 Å². The van der Waals surface area contributed by atoms with Gasteiger partial charge in [-0.15, -0.1) is 10.2 Å². The molecule has 1 aromatic heterocycles. The maximum absolute atomic E-state index is 13.3. The van der Waals surface area contributed by atoms with E-state index in [0.717, 1.165) is 84.0 Å². The molecule has 13 heteroatoms. The average molecular weight is 751 g/mol. The molecule has 3 aliphatic rings. The number of imide groups is 2. The summed E-state index contributed by atoms with van der Waals surface area (Å²) in [7, 11) is 0. The Bertz CT molecular complexity index is 2310. The molecule has 4 heterocycles. The fourth-order valence-corrected chi connectivity index (χ4v) is 7.87. The minimum atomic E-state index is -0.980. The number of aromatic nitrogens is 4. The second-order valence-electron chi connectivity index (χ2n) is 14.3. The molecule has 1 atom stereocenters. The smallest absolute Gasteiger partial charge is 0.262 e. The number of phenolic OH excluding ortho intramolecular Hbond substituents is 1. The monoisotopic (exact) mass is 750 g/mol. The van der Waals surface area contributed by atoms with Gasteiger partial charge in [0, 0.05) is 50.4 Å². The quantitative estimate of drug-likeness (QED) is 0.139. The van der Waals surface area contributed by atoms with E-state index in [4.69, 9.17) is 0 Å². The average Bonchev–Trinajstić information content (AvgIpc) is 3.79. The summed E-state index contributed by atoms with van der Waals surface area (Å²) in [5.41, 5.74) is 7.88. The molecule has 0 spiro atoms. The minimum Gasteiger partial charge on any atom is -0.508 e. The minimum absolute atomic E-state index is 0.0869. The molecule has 284 valence electrons. The number of benzene rings is 4. The molecule has 8 rings (SSSR count). The van der Waals surface area contributed by atoms with Crippen LogP contribution in [0.5, 0.6) is 5.75 Å². The third-order valence-corrected chi connectivity index (χ3v) is 10.8. The van der Waals surface area contributed by atoms with Gasteiger partial charge in [0.2, 0.25) is 17.6 Å². The summed E-state index contributed by atoms with van der Waals surface area (Å²) in [6.07, 6.45) is 1.90. The first kappa shape index (κ1) is 36.5. The highest BCUT2D eigenvalue weighted by molar-refractivity contribution is 6.23. The predicted octanol–water partition coefficient (Wildman–Crippen LogP) is 5.03. The van der Waals surface area contributed by atoms with E-state index in [2.05, 4.69) is 61.7 Å². The number of anilines is 1. The number of rotatable bonds is 11. The van der Waals surface area contributed by atoms with Crippen LogP contribution in [0.25, 0.3) is 22.5 Å². The van der Waals surface area contributed by atoms with Gasteiger partial charge in [-0.25, -0.2) is 0 Å². The molecule has 0 aliphatic carbocycles. The van der Waals surface area contributed by atoms with Crippen molar-refractivity contribution in [1.82, 2.24) is 35.3 Å². The Labute approximate surface area is 324 Å². The Kier molecular flexibility index (Phi) is 10.2. The Morgan fingerprint density at radius 3 is 2.18 bits per heavy atom. The van der Waals surface area contributed by atoms with Crippen LogP contribution in [0.3, 0.4) is 0 Å². The van der Waals surface area contributed by atoms with Gasteiger partial charge in [0.15, 0.2) is 0 Å². The second kappa shape index (κ2) is 15.7. The fourth-order valence-electron chi connectivity index (χ4n) is 7.87. The highest BCUT2D eigenvalue weighted by Gasteiger charge is 2.44. The van der Waals surface area contributed by atoms with Gasteiger partial charge in [0.1, 0.15) is 11.8 Å². The molecular weight excluding hydrogens is 709 g/mol. The largest absolute Gasteiger partial charge is 0.508 e. The van der Waals surface area contributed by atoms with E-state index in [1.807, 2.05) is 48.5 Å². The van der Waals surface area contributed by atoms with Crippen molar-refractivity contribution >= 4 is 40.5 Å². The van der Waals surface area contributed by atoms with Crippen LogP contribution >= 0.6 is 0 Å². The predicted molar refractivity (Wildman–Crippen MR) is 210 cm³/mol. The van der Waals surface area contributed by atoms with Crippen LogP contribution in [-0.4, -0.2) is 97.5 Å². The van der Waals surface area contributed by atoms with Crippen molar-refractivity contribution in [2.24, 2.45) is 0 Å². The molecular formula is C43H42N8O5. The number of nitrogens with one attached hydrogen (secondary N) is 1. The van der Waals surface area contributed by atoms with E-state index in [0.29, 0.717) is 17.9 Å². The molecule has 0 saturated carbocycles. The van der Waals surface area contributed by atoms with Crippen LogP contribution in [0.1, 0.15) is 70.0 Å². The van der Waals surface area contributed by atoms with Crippen LogP contribution in [-0.2, 0) is 16.1 Å².